The molecule has 150 valence electrons. The Hall–Kier alpha value is -2.12. The molecule has 3 N–H and O–H groups in total. The van der Waals surface area contributed by atoms with Crippen molar-refractivity contribution in [1.29, 1.82) is 0 Å². The molecule has 2 aliphatic rings. The lowest BCUT2D eigenvalue weighted by atomic mass is 9.97. The Morgan fingerprint density at radius 1 is 1.18 bits per heavy atom. The van der Waals surface area contributed by atoms with E-state index in [0.29, 0.717) is 17.6 Å². The van der Waals surface area contributed by atoms with Crippen molar-refractivity contribution in [3.05, 3.63) is 53.8 Å². The van der Waals surface area contributed by atoms with Gasteiger partial charge in [-0.05, 0) is 59.9 Å². The van der Waals surface area contributed by atoms with Crippen molar-refractivity contribution >= 4 is 15.7 Å². The molecule has 0 aromatic heterocycles. The highest BCUT2D eigenvalue weighted by Gasteiger charge is 2.64. The van der Waals surface area contributed by atoms with Crippen LogP contribution in [0, 0.1) is 17.2 Å². The molecule has 2 saturated carbocycles. The number of rotatable bonds is 6. The smallest absolute Gasteiger partial charge is 0.238 e. The molecule has 0 amide bonds. The van der Waals surface area contributed by atoms with Crippen molar-refractivity contribution in [3.63, 3.8) is 0 Å². The van der Waals surface area contributed by atoms with Crippen LogP contribution in [0.5, 0.6) is 5.75 Å². The number of hydrogen-bond acceptors (Lipinski definition) is 4. The van der Waals surface area contributed by atoms with Crippen LogP contribution in [0.25, 0.3) is 0 Å². The van der Waals surface area contributed by atoms with Crippen LogP contribution in [-0.2, 0) is 10.0 Å². The fourth-order valence-electron chi connectivity index (χ4n) is 5.07. The SMILES string of the molecule is COc1cc(F)ccc1NCC1C(c2ccc(S(N)(=O)=O)cc2)C12CCCC2. The monoisotopic (exact) mass is 404 g/mol. The Balaban J connectivity index is 1.53. The maximum Gasteiger partial charge on any atom is 0.238 e. The first-order valence-corrected chi connectivity index (χ1v) is 11.1. The first-order chi connectivity index (χ1) is 13.3. The lowest BCUT2D eigenvalue weighted by Gasteiger charge is -2.13. The van der Waals surface area contributed by atoms with Crippen molar-refractivity contribution in [3.8, 4) is 5.75 Å². The summed E-state index contributed by atoms with van der Waals surface area (Å²) in [6.45, 7) is 0.767. The van der Waals surface area contributed by atoms with E-state index in [1.807, 2.05) is 12.1 Å². The molecule has 0 saturated heterocycles. The van der Waals surface area contributed by atoms with Gasteiger partial charge < -0.3 is 10.1 Å². The average molecular weight is 405 g/mol. The summed E-state index contributed by atoms with van der Waals surface area (Å²) in [5, 5.41) is 8.65. The highest BCUT2D eigenvalue weighted by atomic mass is 32.2. The van der Waals surface area contributed by atoms with Crippen LogP contribution < -0.4 is 15.2 Å². The topological polar surface area (TPSA) is 81.4 Å². The van der Waals surface area contributed by atoms with Gasteiger partial charge in [-0.2, -0.15) is 0 Å². The molecule has 5 nitrogen and oxygen atoms in total. The predicted octanol–water partition coefficient (Wildman–Crippen LogP) is 3.87. The maximum atomic E-state index is 13.4. The molecule has 0 heterocycles. The first kappa shape index (κ1) is 19.2. The number of sulfonamides is 1. The van der Waals surface area contributed by atoms with E-state index in [2.05, 4.69) is 5.32 Å². The Morgan fingerprint density at radius 2 is 1.86 bits per heavy atom. The Labute approximate surface area is 165 Å². The average Bonchev–Trinajstić information content (AvgIpc) is 3.00. The van der Waals surface area contributed by atoms with Gasteiger partial charge in [-0.25, -0.2) is 17.9 Å². The van der Waals surface area contributed by atoms with Crippen LogP contribution in [0.15, 0.2) is 47.4 Å². The van der Waals surface area contributed by atoms with Crippen LogP contribution in [0.3, 0.4) is 0 Å². The number of benzene rings is 2. The second kappa shape index (κ2) is 7.04. The third-order valence-corrected chi connectivity index (χ3v) is 7.36. The third-order valence-electron chi connectivity index (χ3n) is 6.43. The molecular weight excluding hydrogens is 379 g/mol. The second-order valence-electron chi connectivity index (χ2n) is 7.86. The number of methoxy groups -OCH3 is 1. The normalized spacial score (nSPS) is 23.0. The van der Waals surface area contributed by atoms with Gasteiger partial charge in [0.05, 0.1) is 17.7 Å². The van der Waals surface area contributed by atoms with Gasteiger partial charge in [0.15, 0.2) is 0 Å². The van der Waals surface area contributed by atoms with E-state index in [1.165, 1.54) is 44.9 Å². The largest absolute Gasteiger partial charge is 0.494 e. The molecular formula is C21H25FN2O3S. The van der Waals surface area contributed by atoms with E-state index >= 15 is 0 Å². The minimum Gasteiger partial charge on any atom is -0.494 e. The zero-order valence-electron chi connectivity index (χ0n) is 15.8. The lowest BCUT2D eigenvalue weighted by Crippen LogP contribution is -2.11. The number of hydrogen-bond donors (Lipinski definition) is 2. The molecule has 2 aromatic rings. The zero-order valence-corrected chi connectivity index (χ0v) is 16.6. The summed E-state index contributed by atoms with van der Waals surface area (Å²) in [6.07, 6.45) is 4.81. The quantitative estimate of drug-likeness (QED) is 0.766. The van der Waals surface area contributed by atoms with Gasteiger partial charge in [-0.1, -0.05) is 25.0 Å². The van der Waals surface area contributed by atoms with Crippen molar-refractivity contribution in [2.75, 3.05) is 19.0 Å². The van der Waals surface area contributed by atoms with Gasteiger partial charge in [0.2, 0.25) is 10.0 Å². The maximum absolute atomic E-state index is 13.4. The number of primary sulfonamides is 1. The van der Waals surface area contributed by atoms with Crippen molar-refractivity contribution in [1.82, 2.24) is 0 Å². The number of nitrogens with one attached hydrogen (secondary N) is 1. The first-order valence-electron chi connectivity index (χ1n) is 9.55. The zero-order chi connectivity index (χ0) is 19.9. The molecule has 28 heavy (non-hydrogen) atoms. The Kier molecular flexibility index (Phi) is 4.83. The molecule has 7 heteroatoms. The van der Waals surface area contributed by atoms with E-state index in [4.69, 9.17) is 9.88 Å². The molecule has 2 fully saturated rings. The van der Waals surface area contributed by atoms with Crippen molar-refractivity contribution < 1.29 is 17.5 Å². The van der Waals surface area contributed by atoms with Gasteiger partial charge in [-0.15, -0.1) is 0 Å². The van der Waals surface area contributed by atoms with Crippen molar-refractivity contribution in [2.24, 2.45) is 16.5 Å². The summed E-state index contributed by atoms with van der Waals surface area (Å²) >= 11 is 0. The number of anilines is 1. The van der Waals surface area contributed by atoms with Gasteiger partial charge in [-0.3, -0.25) is 0 Å². The molecule has 0 radical (unpaired) electrons. The fraction of sp³-hybridized carbons (Fsp3) is 0.429. The number of ether oxygens (including phenoxy) is 1. The molecule has 0 bridgehead atoms. The van der Waals surface area contributed by atoms with Crippen LogP contribution in [0.4, 0.5) is 10.1 Å². The van der Waals surface area contributed by atoms with Gasteiger partial charge in [0.1, 0.15) is 11.6 Å². The standard InChI is InChI=1S/C21H25FN2O3S/c1-27-19-12-15(22)6-9-18(19)24-13-17-20(21(17)10-2-3-11-21)14-4-7-16(8-5-14)28(23,25)26/h4-9,12,17,20,24H,2-3,10-11,13H2,1H3,(H2,23,25,26). The fourth-order valence-corrected chi connectivity index (χ4v) is 5.59. The van der Waals surface area contributed by atoms with Crippen molar-refractivity contribution in [2.45, 2.75) is 36.5 Å². The van der Waals surface area contributed by atoms with Gasteiger partial charge in [0, 0.05) is 12.6 Å². The van der Waals surface area contributed by atoms with E-state index in [0.717, 1.165) is 17.8 Å². The van der Waals surface area contributed by atoms with Crippen LogP contribution in [-0.4, -0.2) is 22.1 Å². The minimum absolute atomic E-state index is 0.142. The molecule has 2 unspecified atom stereocenters. The molecule has 2 atom stereocenters. The van der Waals surface area contributed by atoms with E-state index in [9.17, 15) is 12.8 Å². The Morgan fingerprint density at radius 3 is 2.46 bits per heavy atom. The van der Waals surface area contributed by atoms with Crippen LogP contribution in [0.1, 0.15) is 37.2 Å². The van der Waals surface area contributed by atoms with Crippen LogP contribution in [0.2, 0.25) is 0 Å². The van der Waals surface area contributed by atoms with E-state index in [1.54, 1.807) is 18.2 Å². The summed E-state index contributed by atoms with van der Waals surface area (Å²) in [7, 11) is -2.15. The number of nitrogens with two attached hydrogens (primary N) is 1. The van der Waals surface area contributed by atoms with E-state index < -0.39 is 10.0 Å². The molecule has 0 aliphatic heterocycles. The highest BCUT2D eigenvalue weighted by Crippen LogP contribution is 2.72. The van der Waals surface area contributed by atoms with Crippen LogP contribution >= 0.6 is 0 Å². The van der Waals surface area contributed by atoms with E-state index in [-0.39, 0.29) is 16.1 Å². The summed E-state index contributed by atoms with van der Waals surface area (Å²) in [5.41, 5.74) is 2.21. The summed E-state index contributed by atoms with van der Waals surface area (Å²) in [5.74, 6) is 1.01. The molecule has 4 rings (SSSR count). The second-order valence-corrected chi connectivity index (χ2v) is 9.43. The van der Waals surface area contributed by atoms with Gasteiger partial charge in [0.25, 0.3) is 0 Å². The molecule has 1 spiro atoms. The molecule has 2 aliphatic carbocycles. The predicted molar refractivity (Wildman–Crippen MR) is 106 cm³/mol. The Bertz CT molecular complexity index is 970. The molecule has 2 aromatic carbocycles. The summed E-state index contributed by atoms with van der Waals surface area (Å²) in [4.78, 5) is 0.142. The minimum atomic E-state index is -3.68. The summed E-state index contributed by atoms with van der Waals surface area (Å²) in [6, 6.07) is 11.5. The third kappa shape index (κ3) is 3.37. The summed E-state index contributed by atoms with van der Waals surface area (Å²) < 4.78 is 41.7. The lowest BCUT2D eigenvalue weighted by molar-refractivity contribution is 0.412. The van der Waals surface area contributed by atoms with Gasteiger partial charge >= 0.3 is 0 Å². The number of halogens is 1. The highest BCUT2D eigenvalue weighted by molar-refractivity contribution is 7.89.